The third-order valence-electron chi connectivity index (χ3n) is 27.9. The second-order valence-corrected chi connectivity index (χ2v) is 38.7. The SMILES string of the molecule is CC1(C)OB(c2ccc(C3(c4ccc5sc6ccccc6c5c4)c4ccccc4-c4ccccc43)cc2)OC1(C)C.Clc1ccc(-c2nc(-c3ccccc3)nc(-c3cccc4c3oc3ccccc34)n2)cc1.c1ccc(-c2nc(-c3ccc(-c4ccc(C5(c6ccc7sc8ccccc8c7c6)c6ccccc6-c6ccccc65)cc4)cc3)nc(-c3cccc4c3oc3ccccc34)n2)cc1. The molecular formula is C122H82BClN6O4S2. The summed E-state index contributed by atoms with van der Waals surface area (Å²) in [6.07, 6.45) is 0. The highest BCUT2D eigenvalue weighted by Gasteiger charge is 2.53. The van der Waals surface area contributed by atoms with Crippen LogP contribution in [-0.2, 0) is 20.1 Å². The molecule has 24 aromatic rings. The summed E-state index contributed by atoms with van der Waals surface area (Å²) in [5.74, 6) is 3.53. The van der Waals surface area contributed by atoms with E-state index in [-0.39, 0.29) is 18.3 Å². The molecule has 0 bridgehead atoms. The average Bonchev–Trinajstić information content (AvgIpc) is 1.53. The number of para-hydroxylation sites is 4. The van der Waals surface area contributed by atoms with Gasteiger partial charge >= 0.3 is 7.12 Å². The molecule has 14 heteroatoms. The maximum absolute atomic E-state index is 6.43. The maximum Gasteiger partial charge on any atom is 0.494 e. The van der Waals surface area contributed by atoms with Crippen molar-refractivity contribution in [3.05, 3.63) is 474 Å². The molecule has 27 rings (SSSR count). The summed E-state index contributed by atoms with van der Waals surface area (Å²) in [6.45, 7) is 8.42. The molecule has 0 saturated carbocycles. The van der Waals surface area contributed by atoms with Gasteiger partial charge in [-0.25, -0.2) is 29.9 Å². The fourth-order valence-corrected chi connectivity index (χ4v) is 23.0. The Bertz CT molecular complexity index is 8730. The lowest BCUT2D eigenvalue weighted by Gasteiger charge is -2.34. The normalized spacial score (nSPS) is 14.1. The molecule has 18 aromatic carbocycles. The summed E-state index contributed by atoms with van der Waals surface area (Å²) in [4.78, 5) is 29.6. The van der Waals surface area contributed by atoms with Crippen molar-refractivity contribution in [3.8, 4) is 102 Å². The summed E-state index contributed by atoms with van der Waals surface area (Å²) in [7, 11) is -0.387. The zero-order valence-electron chi connectivity index (χ0n) is 74.5. The predicted octanol–water partition coefficient (Wildman–Crippen LogP) is 31.3. The van der Waals surface area contributed by atoms with Gasteiger partial charge in [-0.1, -0.05) is 351 Å². The lowest BCUT2D eigenvalue weighted by Crippen LogP contribution is -2.41. The third kappa shape index (κ3) is 13.7. The van der Waals surface area contributed by atoms with Crippen molar-refractivity contribution in [2.75, 3.05) is 0 Å². The second-order valence-electron chi connectivity index (χ2n) is 36.1. The smallest absolute Gasteiger partial charge is 0.455 e. The van der Waals surface area contributed by atoms with Crippen LogP contribution < -0.4 is 5.46 Å². The summed E-state index contributed by atoms with van der Waals surface area (Å²) < 4.78 is 30.7. The topological polar surface area (TPSA) is 122 Å². The van der Waals surface area contributed by atoms with E-state index in [0.717, 1.165) is 93.8 Å². The van der Waals surface area contributed by atoms with E-state index < -0.39 is 10.8 Å². The van der Waals surface area contributed by atoms with Crippen LogP contribution in [0.15, 0.2) is 433 Å². The molecular weight excluding hydrogens is 1720 g/mol. The van der Waals surface area contributed by atoms with Gasteiger partial charge in [0.25, 0.3) is 0 Å². The molecule has 0 atom stereocenters. The molecule has 0 N–H and O–H groups in total. The molecule has 136 heavy (non-hydrogen) atoms. The number of hydrogen-bond acceptors (Lipinski definition) is 12. The van der Waals surface area contributed by atoms with Gasteiger partial charge in [0, 0.05) is 89.2 Å². The first-order valence-electron chi connectivity index (χ1n) is 45.9. The number of halogens is 1. The highest BCUT2D eigenvalue weighted by molar-refractivity contribution is 7.26. The Morgan fingerprint density at radius 1 is 0.235 bits per heavy atom. The number of thiophene rings is 2. The van der Waals surface area contributed by atoms with Gasteiger partial charge in [0.15, 0.2) is 34.9 Å². The van der Waals surface area contributed by atoms with E-state index in [1.807, 2.05) is 168 Å². The van der Waals surface area contributed by atoms with Crippen molar-refractivity contribution in [1.82, 2.24) is 29.9 Å². The molecule has 1 aliphatic heterocycles. The van der Waals surface area contributed by atoms with E-state index >= 15 is 0 Å². The number of fused-ring (bicyclic) bond motifs is 18. The average molecular weight is 1810 g/mol. The van der Waals surface area contributed by atoms with Crippen molar-refractivity contribution >= 4 is 131 Å². The molecule has 6 aromatic heterocycles. The Morgan fingerprint density at radius 3 is 0.941 bits per heavy atom. The van der Waals surface area contributed by atoms with Crippen LogP contribution in [0.2, 0.25) is 5.02 Å². The number of nitrogens with zero attached hydrogens (tertiary/aromatic N) is 6. The van der Waals surface area contributed by atoms with Crippen molar-refractivity contribution in [2.24, 2.45) is 0 Å². The van der Waals surface area contributed by atoms with E-state index in [9.17, 15) is 0 Å². The number of furan rings is 2. The van der Waals surface area contributed by atoms with E-state index in [4.69, 9.17) is 59.6 Å². The van der Waals surface area contributed by atoms with Crippen LogP contribution in [0, 0.1) is 0 Å². The third-order valence-corrected chi connectivity index (χ3v) is 30.5. The first kappa shape index (κ1) is 82.2. The number of rotatable bonds is 12. The molecule has 0 spiro atoms. The molecule has 0 unspecified atom stereocenters. The van der Waals surface area contributed by atoms with Crippen LogP contribution in [0.3, 0.4) is 0 Å². The quantitative estimate of drug-likeness (QED) is 0.109. The van der Waals surface area contributed by atoms with Gasteiger partial charge in [0.1, 0.15) is 22.3 Å². The number of benzene rings is 18. The van der Waals surface area contributed by atoms with Gasteiger partial charge in [-0.3, -0.25) is 0 Å². The molecule has 3 aliphatic rings. The van der Waals surface area contributed by atoms with Crippen LogP contribution in [0.4, 0.5) is 0 Å². The first-order chi connectivity index (χ1) is 66.8. The molecule has 0 radical (unpaired) electrons. The molecule has 0 amide bonds. The van der Waals surface area contributed by atoms with Crippen molar-refractivity contribution in [1.29, 1.82) is 0 Å². The van der Waals surface area contributed by atoms with Gasteiger partial charge in [0.05, 0.1) is 33.2 Å². The predicted molar refractivity (Wildman–Crippen MR) is 560 cm³/mol. The largest absolute Gasteiger partial charge is 0.494 e. The first-order valence-corrected chi connectivity index (χ1v) is 47.9. The van der Waals surface area contributed by atoms with Crippen LogP contribution in [0.5, 0.6) is 0 Å². The monoisotopic (exact) mass is 1800 g/mol. The van der Waals surface area contributed by atoms with E-state index in [2.05, 4.69) is 307 Å². The van der Waals surface area contributed by atoms with Crippen LogP contribution >= 0.6 is 34.3 Å². The Balaban J connectivity index is 0.000000116. The molecule has 1 saturated heterocycles. The molecule has 10 nitrogen and oxygen atoms in total. The van der Waals surface area contributed by atoms with E-state index in [1.54, 1.807) is 0 Å². The van der Waals surface area contributed by atoms with Crippen molar-refractivity contribution < 1.29 is 18.1 Å². The molecule has 2 aliphatic carbocycles. The zero-order chi connectivity index (χ0) is 91.0. The summed E-state index contributed by atoms with van der Waals surface area (Å²) >= 11 is 9.82. The Morgan fingerprint density at radius 2 is 0.529 bits per heavy atom. The van der Waals surface area contributed by atoms with Gasteiger partial charge in [0.2, 0.25) is 0 Å². The minimum absolute atomic E-state index is 0.375. The van der Waals surface area contributed by atoms with Crippen molar-refractivity contribution in [2.45, 2.75) is 49.7 Å². The zero-order valence-corrected chi connectivity index (χ0v) is 76.9. The van der Waals surface area contributed by atoms with Crippen LogP contribution in [-0.4, -0.2) is 48.2 Å². The second kappa shape index (κ2) is 32.9. The Kier molecular flexibility index (Phi) is 19.9. The van der Waals surface area contributed by atoms with E-state index in [0.29, 0.717) is 40.0 Å². The molecule has 7 heterocycles. The summed E-state index contributed by atoms with van der Waals surface area (Å²) in [5.41, 5.74) is 25.6. The molecule has 1 fully saturated rings. The lowest BCUT2D eigenvalue weighted by atomic mass is 9.66. The fourth-order valence-electron chi connectivity index (χ4n) is 20.7. The van der Waals surface area contributed by atoms with Gasteiger partial charge in [-0.05, 0) is 196 Å². The van der Waals surface area contributed by atoms with E-state index in [1.165, 1.54) is 107 Å². The van der Waals surface area contributed by atoms with Crippen molar-refractivity contribution in [3.63, 3.8) is 0 Å². The lowest BCUT2D eigenvalue weighted by molar-refractivity contribution is 0.00578. The number of aromatic nitrogens is 6. The fraction of sp³-hybridized carbons (Fsp3) is 0.0656. The Hall–Kier alpha value is -15.7. The summed E-state index contributed by atoms with van der Waals surface area (Å²) in [5, 5.41) is 10.1. The van der Waals surface area contributed by atoms with Crippen LogP contribution in [0.1, 0.15) is 72.2 Å². The maximum atomic E-state index is 6.43. The van der Waals surface area contributed by atoms with Gasteiger partial charge in [-0.2, -0.15) is 0 Å². The highest BCUT2D eigenvalue weighted by atomic mass is 35.5. The van der Waals surface area contributed by atoms with Crippen LogP contribution in [0.25, 0.3) is 186 Å². The highest BCUT2D eigenvalue weighted by Crippen LogP contribution is 2.59. The minimum Gasteiger partial charge on any atom is -0.455 e. The Labute approximate surface area is 798 Å². The van der Waals surface area contributed by atoms with Gasteiger partial charge in [-0.15, -0.1) is 22.7 Å². The van der Waals surface area contributed by atoms with Gasteiger partial charge < -0.3 is 18.1 Å². The summed E-state index contributed by atoms with van der Waals surface area (Å²) in [6, 6.07) is 150. The minimum atomic E-state index is -0.494. The number of hydrogen-bond donors (Lipinski definition) is 0. The molecule has 646 valence electrons. The standard InChI is InChI=1S/C58H35N3OS.C37H31BO2S.C27H16ClN3O/c1-2-13-38(14-3-1)55-59-56(61-57(60-55)47-20-12-19-46-44-17-6-10-23-51(44)62-54(46)47)39-27-25-36(26-28-39)37-29-31-40(32-30-37)58(49-21-8-4-15-42(49)43-16-5-9-22-50(43)58)41-33-34-53-48(35-41)45-18-7-11-24-52(45)63-53;1-35(2)36(3,4)40-38(39-35)26-20-17-24(18-21-26)37(31-14-8-5-11-27(31)28-12-6-9-15-32(28)37)25-19-22-34-30(23-25)29-13-7-10-16-33(29)41-34;28-19-15-13-18(14-16-19)26-29-25(17-7-2-1-3-8-17)30-27(31-26)22-11-6-10-21-20-9-4-5-12-23(20)32-24(21)22/h1-35H;5-23H,1-4H3;1-16H.